The summed E-state index contributed by atoms with van der Waals surface area (Å²) < 4.78 is 12.9. The van der Waals surface area contributed by atoms with Crippen molar-refractivity contribution < 1.29 is 19.4 Å². The van der Waals surface area contributed by atoms with E-state index in [2.05, 4.69) is 22.9 Å². The first-order chi connectivity index (χ1) is 12.1. The number of hydrogen-bond acceptors (Lipinski definition) is 3. The number of aryl methyl sites for hydroxylation is 1. The summed E-state index contributed by atoms with van der Waals surface area (Å²) >= 11 is 0. The number of fused-ring (bicyclic) bond motifs is 1. The summed E-state index contributed by atoms with van der Waals surface area (Å²) in [5, 5.41) is 10.1. The highest BCUT2D eigenvalue weighted by atomic mass is 16.5. The van der Waals surface area contributed by atoms with Crippen LogP contribution in [0.1, 0.15) is 18.4 Å². The Hall–Kier alpha value is -2.69. The van der Waals surface area contributed by atoms with E-state index in [0.29, 0.717) is 12.3 Å². The van der Waals surface area contributed by atoms with Crippen LogP contribution >= 0.6 is 0 Å². The Bertz CT molecular complexity index is 832. The van der Waals surface area contributed by atoms with Crippen molar-refractivity contribution in [1.29, 1.82) is 0 Å². The van der Waals surface area contributed by atoms with E-state index in [9.17, 15) is 4.79 Å². The van der Waals surface area contributed by atoms with E-state index in [1.807, 2.05) is 24.3 Å². The van der Waals surface area contributed by atoms with Crippen LogP contribution < -0.4 is 4.74 Å². The molecule has 1 N–H and O–H groups in total. The van der Waals surface area contributed by atoms with E-state index in [1.54, 1.807) is 14.2 Å². The van der Waals surface area contributed by atoms with Crippen molar-refractivity contribution >= 4 is 16.9 Å². The summed E-state index contributed by atoms with van der Waals surface area (Å²) in [6.45, 7) is 0.826. The minimum atomic E-state index is -0.783. The summed E-state index contributed by atoms with van der Waals surface area (Å²) in [6.07, 6.45) is 9.94. The summed E-state index contributed by atoms with van der Waals surface area (Å²) in [4.78, 5) is 11.0. The minimum absolute atomic E-state index is 0.121. The lowest BCUT2D eigenvalue weighted by Crippen LogP contribution is -2.10. The molecule has 5 heteroatoms. The quantitative estimate of drug-likeness (QED) is 0.833. The Balaban J connectivity index is 1.93. The first kappa shape index (κ1) is 17.1. The summed E-state index contributed by atoms with van der Waals surface area (Å²) in [6, 6.07) is 5.97. The van der Waals surface area contributed by atoms with Crippen LogP contribution in [0.15, 0.2) is 48.4 Å². The third-order valence-electron chi connectivity index (χ3n) is 4.57. The SMILES string of the molecule is COC1=CC(Cn2cc(CCC(=O)O)c3cc(OC)ccc32)CC=C1. The van der Waals surface area contributed by atoms with Crippen LogP contribution in [0.2, 0.25) is 0 Å². The van der Waals surface area contributed by atoms with Crippen molar-refractivity contribution in [2.75, 3.05) is 14.2 Å². The molecule has 3 rings (SSSR count). The zero-order chi connectivity index (χ0) is 17.8. The Morgan fingerprint density at radius 3 is 2.88 bits per heavy atom. The van der Waals surface area contributed by atoms with Gasteiger partial charge < -0.3 is 19.1 Å². The first-order valence-corrected chi connectivity index (χ1v) is 8.40. The predicted molar refractivity (Wildman–Crippen MR) is 96.8 cm³/mol. The molecule has 1 atom stereocenters. The fourth-order valence-corrected chi connectivity index (χ4v) is 3.30. The number of carboxylic acid groups (broad SMARTS) is 1. The van der Waals surface area contributed by atoms with Crippen molar-refractivity contribution in [1.82, 2.24) is 4.57 Å². The maximum absolute atomic E-state index is 11.0. The summed E-state index contributed by atoms with van der Waals surface area (Å²) in [5.74, 6) is 1.24. The third-order valence-corrected chi connectivity index (χ3v) is 4.57. The zero-order valence-corrected chi connectivity index (χ0v) is 14.6. The molecule has 25 heavy (non-hydrogen) atoms. The fraction of sp³-hybridized carbons (Fsp3) is 0.350. The molecule has 2 aromatic rings. The molecule has 0 fully saturated rings. The molecule has 1 unspecified atom stereocenters. The highest BCUT2D eigenvalue weighted by Crippen LogP contribution is 2.29. The molecule has 0 bridgehead atoms. The molecular formula is C20H23NO4. The van der Waals surface area contributed by atoms with Gasteiger partial charge in [-0.3, -0.25) is 4.79 Å². The van der Waals surface area contributed by atoms with Crippen LogP contribution in [0.4, 0.5) is 0 Å². The zero-order valence-electron chi connectivity index (χ0n) is 14.6. The minimum Gasteiger partial charge on any atom is -0.497 e. The van der Waals surface area contributed by atoms with Crippen molar-refractivity contribution in [3.8, 4) is 5.75 Å². The molecule has 1 heterocycles. The average Bonchev–Trinajstić information content (AvgIpc) is 2.97. The number of allylic oxidation sites excluding steroid dienone is 3. The van der Waals surface area contributed by atoms with Crippen molar-refractivity contribution in [3.63, 3.8) is 0 Å². The third kappa shape index (κ3) is 3.87. The van der Waals surface area contributed by atoms with Crippen LogP contribution in [0.25, 0.3) is 10.9 Å². The number of carbonyl (C=O) groups is 1. The number of rotatable bonds is 7. The summed E-state index contributed by atoms with van der Waals surface area (Å²) in [7, 11) is 3.32. The number of benzene rings is 1. The van der Waals surface area contributed by atoms with Gasteiger partial charge >= 0.3 is 5.97 Å². The van der Waals surface area contributed by atoms with Crippen LogP contribution in [0.5, 0.6) is 5.75 Å². The van der Waals surface area contributed by atoms with Crippen molar-refractivity contribution in [2.45, 2.75) is 25.8 Å². The normalized spacial score (nSPS) is 16.7. The second kappa shape index (κ2) is 7.47. The maximum Gasteiger partial charge on any atom is 0.303 e. The van der Waals surface area contributed by atoms with Gasteiger partial charge in [-0.25, -0.2) is 0 Å². The van der Waals surface area contributed by atoms with Gasteiger partial charge in [0.15, 0.2) is 0 Å². The van der Waals surface area contributed by atoms with Gasteiger partial charge in [-0.2, -0.15) is 0 Å². The number of ether oxygens (including phenoxy) is 2. The molecule has 0 aliphatic heterocycles. The van der Waals surface area contributed by atoms with Gasteiger partial charge in [-0.05, 0) is 48.8 Å². The number of methoxy groups -OCH3 is 2. The molecule has 0 radical (unpaired) electrons. The monoisotopic (exact) mass is 341 g/mol. The maximum atomic E-state index is 11.0. The standard InChI is InChI=1S/C20H23NO4/c1-24-16-5-3-4-14(10-16)12-21-13-15(6-9-20(22)23)18-11-17(25-2)7-8-19(18)21/h3,5,7-8,10-11,13-14H,4,6,9,12H2,1-2H3,(H,22,23). The number of aromatic nitrogens is 1. The molecule has 0 amide bonds. The Morgan fingerprint density at radius 2 is 2.16 bits per heavy atom. The Kier molecular flexibility index (Phi) is 5.12. The smallest absolute Gasteiger partial charge is 0.303 e. The Labute approximate surface area is 147 Å². The van der Waals surface area contributed by atoms with Crippen molar-refractivity contribution in [3.05, 3.63) is 53.9 Å². The number of hydrogen-bond donors (Lipinski definition) is 1. The van der Waals surface area contributed by atoms with E-state index in [0.717, 1.165) is 40.9 Å². The second-order valence-electron chi connectivity index (χ2n) is 6.25. The number of aliphatic carboxylic acids is 1. The van der Waals surface area contributed by atoms with Gasteiger partial charge in [-0.15, -0.1) is 0 Å². The van der Waals surface area contributed by atoms with E-state index in [-0.39, 0.29) is 6.42 Å². The van der Waals surface area contributed by atoms with Gasteiger partial charge in [0.25, 0.3) is 0 Å². The van der Waals surface area contributed by atoms with Gasteiger partial charge in [0, 0.05) is 36.0 Å². The average molecular weight is 341 g/mol. The first-order valence-electron chi connectivity index (χ1n) is 8.40. The van der Waals surface area contributed by atoms with Gasteiger partial charge in [-0.1, -0.05) is 6.08 Å². The van der Waals surface area contributed by atoms with Crippen LogP contribution in [-0.4, -0.2) is 29.9 Å². The van der Waals surface area contributed by atoms with Gasteiger partial charge in [0.05, 0.1) is 14.2 Å². The molecular weight excluding hydrogens is 318 g/mol. The molecule has 1 aliphatic rings. The largest absolute Gasteiger partial charge is 0.497 e. The molecule has 1 aromatic heterocycles. The lowest BCUT2D eigenvalue weighted by Gasteiger charge is -2.17. The van der Waals surface area contributed by atoms with E-state index in [1.165, 1.54) is 0 Å². The van der Waals surface area contributed by atoms with E-state index < -0.39 is 5.97 Å². The molecule has 0 saturated heterocycles. The van der Waals surface area contributed by atoms with Crippen LogP contribution in [0.3, 0.4) is 0 Å². The highest BCUT2D eigenvalue weighted by Gasteiger charge is 2.15. The number of nitrogens with zero attached hydrogens (tertiary/aromatic N) is 1. The van der Waals surface area contributed by atoms with Gasteiger partial charge in [0.1, 0.15) is 11.5 Å². The highest BCUT2D eigenvalue weighted by molar-refractivity contribution is 5.86. The Morgan fingerprint density at radius 1 is 1.32 bits per heavy atom. The lowest BCUT2D eigenvalue weighted by molar-refractivity contribution is -0.136. The number of carboxylic acids is 1. The topological polar surface area (TPSA) is 60.7 Å². The molecule has 5 nitrogen and oxygen atoms in total. The molecule has 1 aliphatic carbocycles. The van der Waals surface area contributed by atoms with Crippen molar-refractivity contribution in [2.24, 2.45) is 5.92 Å². The second-order valence-corrected chi connectivity index (χ2v) is 6.25. The van der Waals surface area contributed by atoms with Crippen LogP contribution in [0, 0.1) is 5.92 Å². The van der Waals surface area contributed by atoms with E-state index >= 15 is 0 Å². The van der Waals surface area contributed by atoms with Gasteiger partial charge in [0.2, 0.25) is 0 Å². The summed E-state index contributed by atoms with van der Waals surface area (Å²) in [5.41, 5.74) is 2.14. The van der Waals surface area contributed by atoms with Crippen LogP contribution in [-0.2, 0) is 22.5 Å². The molecule has 132 valence electrons. The molecule has 0 spiro atoms. The molecule has 1 aromatic carbocycles. The molecule has 0 saturated carbocycles. The fourth-order valence-electron chi connectivity index (χ4n) is 3.30. The van der Waals surface area contributed by atoms with E-state index in [4.69, 9.17) is 14.6 Å². The lowest BCUT2D eigenvalue weighted by atomic mass is 10.00. The predicted octanol–water partition coefficient (Wildman–Crippen LogP) is 3.77.